The number of amides is 2. The van der Waals surface area contributed by atoms with Crippen molar-refractivity contribution in [2.24, 2.45) is 0 Å². The fourth-order valence-electron chi connectivity index (χ4n) is 3.50. The van der Waals surface area contributed by atoms with Crippen LogP contribution in [-0.4, -0.2) is 34.6 Å². The van der Waals surface area contributed by atoms with Crippen LogP contribution in [0.1, 0.15) is 29.7 Å². The maximum atomic E-state index is 13.4. The van der Waals surface area contributed by atoms with Crippen molar-refractivity contribution in [3.63, 3.8) is 0 Å². The van der Waals surface area contributed by atoms with Crippen molar-refractivity contribution in [2.45, 2.75) is 23.1 Å². The predicted octanol–water partition coefficient (Wildman–Crippen LogP) is 5.10. The molecule has 2 unspecified atom stereocenters. The normalized spacial score (nSPS) is 16.6. The number of ether oxygens (including phenoxy) is 1. The van der Waals surface area contributed by atoms with Crippen molar-refractivity contribution in [3.8, 4) is 0 Å². The molecule has 1 aliphatic heterocycles. The van der Waals surface area contributed by atoms with E-state index < -0.39 is 17.3 Å². The molecule has 6 nitrogen and oxygen atoms in total. The van der Waals surface area contributed by atoms with Crippen molar-refractivity contribution >= 4 is 58.6 Å². The van der Waals surface area contributed by atoms with Gasteiger partial charge in [-0.05, 0) is 58.6 Å². The maximum Gasteiger partial charge on any atom is 0.330 e. The minimum atomic E-state index is -0.937. The van der Waals surface area contributed by atoms with Gasteiger partial charge in [0.1, 0.15) is 6.04 Å². The highest BCUT2D eigenvalue weighted by Crippen LogP contribution is 2.37. The average molecular weight is 513 g/mol. The summed E-state index contributed by atoms with van der Waals surface area (Å²) in [4.78, 5) is 38.4. The quantitative estimate of drug-likeness (QED) is 0.258. The number of carbonyl (C=O) groups is 3. The molecule has 3 aromatic rings. The molecule has 1 N–H and O–H groups in total. The Morgan fingerprint density at radius 3 is 2.62 bits per heavy atom. The SMILES string of the molecule is CCOC(=O)/C=C/c1ccc(C(c2ccsc2)N2NC(=O)C(Sc3ccccc3Cl)C2=O)cc1. The monoisotopic (exact) mass is 512 g/mol. The number of esters is 1. The molecule has 0 aliphatic carbocycles. The molecule has 1 aromatic heterocycles. The van der Waals surface area contributed by atoms with Crippen LogP contribution in [0.4, 0.5) is 0 Å². The van der Waals surface area contributed by atoms with Crippen LogP contribution in [0.25, 0.3) is 6.08 Å². The number of nitrogens with zero attached hydrogens (tertiary/aromatic N) is 1. The highest BCUT2D eigenvalue weighted by atomic mass is 35.5. The van der Waals surface area contributed by atoms with Crippen molar-refractivity contribution in [1.82, 2.24) is 10.4 Å². The Morgan fingerprint density at radius 1 is 1.18 bits per heavy atom. The zero-order valence-corrected chi connectivity index (χ0v) is 20.5. The van der Waals surface area contributed by atoms with Gasteiger partial charge in [-0.2, -0.15) is 11.3 Å². The van der Waals surface area contributed by atoms with E-state index in [1.165, 1.54) is 22.4 Å². The highest BCUT2D eigenvalue weighted by molar-refractivity contribution is 8.01. The zero-order chi connectivity index (χ0) is 24.1. The largest absolute Gasteiger partial charge is 0.463 e. The molecule has 9 heteroatoms. The third-order valence-corrected chi connectivity index (χ3v) is 7.48. The molecule has 0 bridgehead atoms. The fourth-order valence-corrected chi connectivity index (χ4v) is 5.41. The summed E-state index contributed by atoms with van der Waals surface area (Å²) in [5, 5.41) is 4.83. The van der Waals surface area contributed by atoms with Gasteiger partial charge in [-0.25, -0.2) is 9.80 Å². The van der Waals surface area contributed by atoms with Crippen LogP contribution in [0.2, 0.25) is 5.02 Å². The number of benzene rings is 2. The molecule has 0 spiro atoms. The lowest BCUT2D eigenvalue weighted by Crippen LogP contribution is -2.39. The van der Waals surface area contributed by atoms with Crippen LogP contribution in [0, 0.1) is 0 Å². The predicted molar refractivity (Wildman–Crippen MR) is 134 cm³/mol. The lowest BCUT2D eigenvalue weighted by atomic mass is 9.99. The van der Waals surface area contributed by atoms with Gasteiger partial charge >= 0.3 is 5.97 Å². The molecule has 4 rings (SSSR count). The van der Waals surface area contributed by atoms with Crippen LogP contribution in [0.15, 0.2) is 76.3 Å². The van der Waals surface area contributed by atoms with Gasteiger partial charge in [0.15, 0.2) is 5.25 Å². The Morgan fingerprint density at radius 2 is 1.94 bits per heavy atom. The third-order valence-electron chi connectivity index (χ3n) is 5.08. The Hall–Kier alpha value is -3.07. The molecular weight excluding hydrogens is 492 g/mol. The van der Waals surface area contributed by atoms with Gasteiger partial charge in [0.25, 0.3) is 11.8 Å². The van der Waals surface area contributed by atoms with Gasteiger partial charge in [0.2, 0.25) is 0 Å². The second-order valence-corrected chi connectivity index (χ2v) is 9.66. The molecule has 2 aromatic carbocycles. The minimum absolute atomic E-state index is 0.315. The van der Waals surface area contributed by atoms with Gasteiger partial charge in [-0.15, -0.1) is 11.8 Å². The first-order chi connectivity index (χ1) is 16.5. The first kappa shape index (κ1) is 24.1. The second kappa shape index (κ2) is 10.9. The molecule has 0 saturated carbocycles. The van der Waals surface area contributed by atoms with Crippen LogP contribution >= 0.6 is 34.7 Å². The molecule has 2 heterocycles. The van der Waals surface area contributed by atoms with E-state index in [4.69, 9.17) is 16.3 Å². The van der Waals surface area contributed by atoms with E-state index >= 15 is 0 Å². The molecule has 2 amide bonds. The van der Waals surface area contributed by atoms with Crippen molar-refractivity contribution in [2.75, 3.05) is 6.61 Å². The summed E-state index contributed by atoms with van der Waals surface area (Å²) in [6.07, 6.45) is 3.04. The zero-order valence-electron chi connectivity index (χ0n) is 18.1. The van der Waals surface area contributed by atoms with E-state index in [1.54, 1.807) is 31.2 Å². The fraction of sp³-hybridized carbons (Fsp3) is 0.160. The lowest BCUT2D eigenvalue weighted by Gasteiger charge is -2.27. The third kappa shape index (κ3) is 5.35. The van der Waals surface area contributed by atoms with Crippen LogP contribution < -0.4 is 5.43 Å². The second-order valence-electron chi connectivity index (χ2n) is 7.32. The summed E-state index contributed by atoms with van der Waals surface area (Å²) >= 11 is 8.89. The standard InChI is InChI=1S/C25H21ClN2O4S2/c1-2-32-21(29)12-9-16-7-10-17(11-8-16)22(18-13-14-33-15-18)28-25(31)23(24(30)27-28)34-20-6-4-3-5-19(20)26/h3-15,22-23H,2H2,1H3,(H,27,30)/b12-9+. The van der Waals surface area contributed by atoms with Gasteiger partial charge in [0, 0.05) is 11.0 Å². The summed E-state index contributed by atoms with van der Waals surface area (Å²) in [7, 11) is 0. The van der Waals surface area contributed by atoms with Crippen molar-refractivity contribution in [3.05, 3.63) is 93.1 Å². The van der Waals surface area contributed by atoms with Crippen LogP contribution in [0.3, 0.4) is 0 Å². The number of hydrogen-bond donors (Lipinski definition) is 1. The summed E-state index contributed by atoms with van der Waals surface area (Å²) in [6.45, 7) is 2.07. The molecule has 2 atom stereocenters. The molecule has 1 fully saturated rings. The number of thioether (sulfide) groups is 1. The number of hydrogen-bond acceptors (Lipinski definition) is 6. The Kier molecular flexibility index (Phi) is 7.72. The summed E-state index contributed by atoms with van der Waals surface area (Å²) in [6, 6.07) is 16.0. The number of rotatable bonds is 8. The first-order valence-corrected chi connectivity index (χ1v) is 12.7. The summed E-state index contributed by atoms with van der Waals surface area (Å²) in [5.41, 5.74) is 5.28. The smallest absolute Gasteiger partial charge is 0.330 e. The molecule has 0 radical (unpaired) electrons. The maximum absolute atomic E-state index is 13.4. The average Bonchev–Trinajstić information content (AvgIpc) is 3.45. The van der Waals surface area contributed by atoms with E-state index in [-0.39, 0.29) is 11.8 Å². The Bertz CT molecular complexity index is 1210. The molecule has 1 aliphatic rings. The molecule has 174 valence electrons. The van der Waals surface area contributed by atoms with Crippen LogP contribution in [-0.2, 0) is 19.1 Å². The van der Waals surface area contributed by atoms with E-state index in [1.807, 2.05) is 47.2 Å². The van der Waals surface area contributed by atoms with E-state index in [0.29, 0.717) is 16.5 Å². The number of thiophene rings is 1. The highest BCUT2D eigenvalue weighted by Gasteiger charge is 2.44. The van der Waals surface area contributed by atoms with Crippen molar-refractivity contribution in [1.29, 1.82) is 0 Å². The minimum Gasteiger partial charge on any atom is -0.463 e. The lowest BCUT2D eigenvalue weighted by molar-refractivity contribution is -0.137. The summed E-state index contributed by atoms with van der Waals surface area (Å²) < 4.78 is 4.90. The molecular formula is C25H21ClN2O4S2. The Balaban J connectivity index is 1.59. The van der Waals surface area contributed by atoms with Gasteiger partial charge in [0.05, 0.1) is 11.6 Å². The Labute approximate surface area is 210 Å². The number of halogens is 1. The molecule has 1 saturated heterocycles. The van der Waals surface area contributed by atoms with E-state index in [2.05, 4.69) is 5.43 Å². The number of carbonyl (C=O) groups excluding carboxylic acids is 3. The van der Waals surface area contributed by atoms with Crippen LogP contribution in [0.5, 0.6) is 0 Å². The van der Waals surface area contributed by atoms with Crippen molar-refractivity contribution < 1.29 is 19.1 Å². The topological polar surface area (TPSA) is 75.7 Å². The molecule has 34 heavy (non-hydrogen) atoms. The van der Waals surface area contributed by atoms with Gasteiger partial charge in [-0.3, -0.25) is 15.0 Å². The number of nitrogens with one attached hydrogen (secondary N) is 1. The van der Waals surface area contributed by atoms with E-state index in [0.717, 1.165) is 28.5 Å². The first-order valence-electron chi connectivity index (χ1n) is 10.5. The van der Waals surface area contributed by atoms with Gasteiger partial charge in [-0.1, -0.05) is 48.0 Å². The van der Waals surface area contributed by atoms with Gasteiger partial charge < -0.3 is 4.74 Å². The number of hydrazine groups is 1. The van der Waals surface area contributed by atoms with E-state index in [9.17, 15) is 14.4 Å². The summed E-state index contributed by atoms with van der Waals surface area (Å²) in [5.74, 6) is -1.13.